The van der Waals surface area contributed by atoms with Crippen molar-refractivity contribution in [2.24, 2.45) is 0 Å². The summed E-state index contributed by atoms with van der Waals surface area (Å²) in [5.41, 5.74) is 1.82. The largest absolute Gasteiger partial charge is 0.508 e. The predicted molar refractivity (Wildman–Crippen MR) is 107 cm³/mol. The van der Waals surface area contributed by atoms with Crippen LogP contribution in [0, 0.1) is 0 Å². The van der Waals surface area contributed by atoms with E-state index in [1.807, 2.05) is 66.7 Å². The highest BCUT2D eigenvalue weighted by atomic mass is 16.5. The molecule has 0 fully saturated rings. The Hall–Kier alpha value is -3.40. The Morgan fingerprint density at radius 1 is 0.815 bits per heavy atom. The van der Waals surface area contributed by atoms with Gasteiger partial charge in [-0.1, -0.05) is 42.5 Å². The summed E-state index contributed by atoms with van der Waals surface area (Å²) in [4.78, 5) is 0. The Balaban J connectivity index is 1.65. The second kappa shape index (κ2) is 8.81. The average molecular weight is 362 g/mol. The highest BCUT2D eigenvalue weighted by molar-refractivity contribution is 5.54. The van der Waals surface area contributed by atoms with Gasteiger partial charge in [0.05, 0.1) is 14.2 Å². The number of para-hydroxylation sites is 1. The number of methoxy groups -OCH3 is 2. The second-order valence-corrected chi connectivity index (χ2v) is 5.93. The zero-order valence-electron chi connectivity index (χ0n) is 15.4. The highest BCUT2D eigenvalue weighted by Gasteiger charge is 2.09. The van der Waals surface area contributed by atoms with Gasteiger partial charge in [0, 0.05) is 11.6 Å². The average Bonchev–Trinajstić information content (AvgIpc) is 2.71. The number of phenolic OH excluding ortho intramolecular Hbond substituents is 1. The van der Waals surface area contributed by atoms with Crippen LogP contribution in [-0.2, 0) is 6.42 Å². The molecule has 0 spiro atoms. The molecule has 0 heterocycles. The maximum absolute atomic E-state index is 10.1. The molecular formula is C23H22O4. The summed E-state index contributed by atoms with van der Waals surface area (Å²) in [6, 6.07) is 20.9. The number of aromatic hydroxyl groups is 1. The standard InChI is InChI=1S/C23H22O4/c1-25-22-15-18(21(24)16-23(22)26-2)8-6-7-17-11-13-20(14-12-17)27-19-9-4-3-5-10-19/h3-7,9-16,24H,8H2,1-2H3/b7-6+. The van der Waals surface area contributed by atoms with Crippen LogP contribution in [0.2, 0.25) is 0 Å². The molecule has 0 aliphatic heterocycles. The number of allylic oxidation sites excluding steroid dienone is 1. The van der Waals surface area contributed by atoms with Crippen LogP contribution in [0.4, 0.5) is 0 Å². The fourth-order valence-electron chi connectivity index (χ4n) is 2.67. The molecule has 3 rings (SSSR count). The van der Waals surface area contributed by atoms with Crippen LogP contribution < -0.4 is 14.2 Å². The Kier molecular flexibility index (Phi) is 6.00. The third kappa shape index (κ3) is 4.82. The molecule has 0 amide bonds. The predicted octanol–water partition coefficient (Wildman–Crippen LogP) is 5.46. The molecule has 0 atom stereocenters. The zero-order valence-corrected chi connectivity index (χ0v) is 15.4. The summed E-state index contributed by atoms with van der Waals surface area (Å²) in [6.07, 6.45) is 4.57. The molecule has 0 bridgehead atoms. The molecule has 0 aliphatic rings. The Labute approximate surface area is 159 Å². The summed E-state index contributed by atoms with van der Waals surface area (Å²) < 4.78 is 16.3. The Bertz CT molecular complexity index is 900. The normalized spacial score (nSPS) is 10.7. The molecule has 0 saturated carbocycles. The number of hydrogen-bond acceptors (Lipinski definition) is 4. The molecule has 3 aromatic carbocycles. The van der Waals surface area contributed by atoms with Gasteiger partial charge in [-0.25, -0.2) is 0 Å². The zero-order chi connectivity index (χ0) is 19.1. The molecular weight excluding hydrogens is 340 g/mol. The Morgan fingerprint density at radius 2 is 1.44 bits per heavy atom. The first-order chi connectivity index (χ1) is 13.2. The fourth-order valence-corrected chi connectivity index (χ4v) is 2.67. The third-order valence-electron chi connectivity index (χ3n) is 4.09. The van der Waals surface area contributed by atoms with Crippen molar-refractivity contribution in [1.29, 1.82) is 0 Å². The first-order valence-corrected chi connectivity index (χ1v) is 8.63. The lowest BCUT2D eigenvalue weighted by Crippen LogP contribution is -1.93. The quantitative estimate of drug-likeness (QED) is 0.606. The van der Waals surface area contributed by atoms with Crippen molar-refractivity contribution in [3.8, 4) is 28.7 Å². The van der Waals surface area contributed by atoms with Crippen LogP contribution >= 0.6 is 0 Å². The molecule has 4 heteroatoms. The third-order valence-corrected chi connectivity index (χ3v) is 4.09. The fraction of sp³-hybridized carbons (Fsp3) is 0.130. The van der Waals surface area contributed by atoms with E-state index in [2.05, 4.69) is 0 Å². The van der Waals surface area contributed by atoms with Crippen molar-refractivity contribution in [2.45, 2.75) is 6.42 Å². The highest BCUT2D eigenvalue weighted by Crippen LogP contribution is 2.34. The van der Waals surface area contributed by atoms with Crippen molar-refractivity contribution in [1.82, 2.24) is 0 Å². The molecule has 4 nitrogen and oxygen atoms in total. The minimum atomic E-state index is 0.184. The van der Waals surface area contributed by atoms with Crippen LogP contribution in [0.3, 0.4) is 0 Å². The molecule has 1 N–H and O–H groups in total. The minimum Gasteiger partial charge on any atom is -0.508 e. The van der Waals surface area contributed by atoms with Gasteiger partial charge in [-0.15, -0.1) is 0 Å². The summed E-state index contributed by atoms with van der Waals surface area (Å²) in [5, 5.41) is 10.1. The summed E-state index contributed by atoms with van der Waals surface area (Å²) >= 11 is 0. The lowest BCUT2D eigenvalue weighted by molar-refractivity contribution is 0.350. The van der Waals surface area contributed by atoms with Gasteiger partial charge in [0.2, 0.25) is 0 Å². The van der Waals surface area contributed by atoms with Gasteiger partial charge in [0.15, 0.2) is 11.5 Å². The van der Waals surface area contributed by atoms with Crippen molar-refractivity contribution < 1.29 is 19.3 Å². The molecule has 0 unspecified atom stereocenters. The SMILES string of the molecule is COc1cc(O)c(C/C=C/c2ccc(Oc3ccccc3)cc2)cc1OC. The summed E-state index contributed by atoms with van der Waals surface area (Å²) in [6.45, 7) is 0. The maximum Gasteiger partial charge on any atom is 0.164 e. The van der Waals surface area contributed by atoms with Crippen molar-refractivity contribution in [3.63, 3.8) is 0 Å². The first-order valence-electron chi connectivity index (χ1n) is 8.63. The van der Waals surface area contributed by atoms with E-state index in [1.54, 1.807) is 26.4 Å². The van der Waals surface area contributed by atoms with E-state index < -0.39 is 0 Å². The van der Waals surface area contributed by atoms with Gasteiger partial charge in [-0.3, -0.25) is 0 Å². The molecule has 3 aromatic rings. The van der Waals surface area contributed by atoms with E-state index in [9.17, 15) is 5.11 Å². The van der Waals surface area contributed by atoms with Crippen LogP contribution in [0.1, 0.15) is 11.1 Å². The molecule has 27 heavy (non-hydrogen) atoms. The molecule has 138 valence electrons. The summed E-state index contributed by atoms with van der Waals surface area (Å²) in [7, 11) is 3.12. The lowest BCUT2D eigenvalue weighted by atomic mass is 10.1. The van der Waals surface area contributed by atoms with Gasteiger partial charge in [-0.2, -0.15) is 0 Å². The van der Waals surface area contributed by atoms with Crippen molar-refractivity contribution in [2.75, 3.05) is 14.2 Å². The number of rotatable bonds is 7. The first kappa shape index (κ1) is 18.4. The van der Waals surface area contributed by atoms with E-state index in [-0.39, 0.29) is 5.75 Å². The summed E-state index contributed by atoms with van der Waals surface area (Å²) in [5.74, 6) is 2.89. The van der Waals surface area contributed by atoms with E-state index in [1.165, 1.54) is 0 Å². The number of phenols is 1. The van der Waals surface area contributed by atoms with Crippen LogP contribution in [0.25, 0.3) is 6.08 Å². The van der Waals surface area contributed by atoms with Crippen LogP contribution in [0.5, 0.6) is 28.7 Å². The minimum absolute atomic E-state index is 0.184. The van der Waals surface area contributed by atoms with Crippen LogP contribution in [0.15, 0.2) is 72.8 Å². The van der Waals surface area contributed by atoms with Gasteiger partial charge in [0.1, 0.15) is 17.2 Å². The smallest absolute Gasteiger partial charge is 0.164 e. The van der Waals surface area contributed by atoms with E-state index in [4.69, 9.17) is 14.2 Å². The number of hydrogen-bond donors (Lipinski definition) is 1. The van der Waals surface area contributed by atoms with E-state index >= 15 is 0 Å². The number of benzene rings is 3. The molecule has 0 radical (unpaired) electrons. The van der Waals surface area contributed by atoms with Gasteiger partial charge < -0.3 is 19.3 Å². The van der Waals surface area contributed by atoms with Crippen molar-refractivity contribution >= 4 is 6.08 Å². The van der Waals surface area contributed by atoms with Crippen LogP contribution in [-0.4, -0.2) is 19.3 Å². The van der Waals surface area contributed by atoms with Gasteiger partial charge in [-0.05, 0) is 42.3 Å². The van der Waals surface area contributed by atoms with Gasteiger partial charge in [0.25, 0.3) is 0 Å². The topological polar surface area (TPSA) is 47.9 Å². The van der Waals surface area contributed by atoms with Gasteiger partial charge >= 0.3 is 0 Å². The molecule has 0 aliphatic carbocycles. The molecule has 0 aromatic heterocycles. The second-order valence-electron chi connectivity index (χ2n) is 5.93. The van der Waals surface area contributed by atoms with E-state index in [0.717, 1.165) is 22.6 Å². The van der Waals surface area contributed by atoms with Crippen molar-refractivity contribution in [3.05, 3.63) is 83.9 Å². The number of ether oxygens (including phenoxy) is 3. The Morgan fingerprint density at radius 3 is 2.11 bits per heavy atom. The van der Waals surface area contributed by atoms with E-state index in [0.29, 0.717) is 17.9 Å². The monoisotopic (exact) mass is 362 g/mol. The lowest BCUT2D eigenvalue weighted by Gasteiger charge is -2.10. The molecule has 0 saturated heterocycles. The maximum atomic E-state index is 10.1.